The molecular formula is C22H31N5O2. The number of nitrogens with one attached hydrogen (secondary N) is 1. The van der Waals surface area contributed by atoms with Crippen LogP contribution in [0, 0.1) is 12.8 Å². The first-order valence-corrected chi connectivity index (χ1v) is 10.5. The Balaban J connectivity index is 1.32. The summed E-state index contributed by atoms with van der Waals surface area (Å²) in [6.07, 6.45) is 1.14. The zero-order chi connectivity index (χ0) is 20.2. The molecule has 1 saturated heterocycles. The minimum Gasteiger partial charge on any atom is -0.454 e. The minimum absolute atomic E-state index is 0.324. The maximum absolute atomic E-state index is 5.50. The van der Waals surface area contributed by atoms with Crippen molar-refractivity contribution >= 4 is 11.6 Å². The molecule has 7 nitrogen and oxygen atoms in total. The van der Waals surface area contributed by atoms with Crippen molar-refractivity contribution in [3.05, 3.63) is 35.7 Å². The molecule has 4 rings (SSSR count). The summed E-state index contributed by atoms with van der Waals surface area (Å²) in [4.78, 5) is 14.1. The van der Waals surface area contributed by atoms with Crippen LogP contribution in [0.3, 0.4) is 0 Å². The fraction of sp³-hybridized carbons (Fsp3) is 0.545. The molecule has 1 fully saturated rings. The second-order valence-corrected chi connectivity index (χ2v) is 8.22. The quantitative estimate of drug-likeness (QED) is 0.769. The van der Waals surface area contributed by atoms with Gasteiger partial charge in [0.25, 0.3) is 0 Å². The number of aromatic nitrogens is 2. The van der Waals surface area contributed by atoms with E-state index in [9.17, 15) is 0 Å². The van der Waals surface area contributed by atoms with Crippen LogP contribution >= 0.6 is 0 Å². The van der Waals surface area contributed by atoms with Crippen molar-refractivity contribution in [3.8, 4) is 11.5 Å². The van der Waals surface area contributed by atoms with Gasteiger partial charge < -0.3 is 19.7 Å². The van der Waals surface area contributed by atoms with Gasteiger partial charge >= 0.3 is 0 Å². The lowest BCUT2D eigenvalue weighted by Crippen LogP contribution is -2.46. The summed E-state index contributed by atoms with van der Waals surface area (Å²) in [5.74, 6) is 5.15. The topological polar surface area (TPSA) is 62.8 Å². The van der Waals surface area contributed by atoms with Crippen LogP contribution in [-0.2, 0) is 6.54 Å². The third-order valence-electron chi connectivity index (χ3n) is 5.39. The second kappa shape index (κ2) is 8.86. The first-order chi connectivity index (χ1) is 14.1. The van der Waals surface area contributed by atoms with Gasteiger partial charge in [-0.1, -0.05) is 19.9 Å². The first-order valence-electron chi connectivity index (χ1n) is 10.5. The number of piperazine rings is 1. The number of aryl methyl sites for hydroxylation is 1. The number of nitrogens with zero attached hydrogens (tertiary/aromatic N) is 4. The molecule has 29 heavy (non-hydrogen) atoms. The van der Waals surface area contributed by atoms with Gasteiger partial charge in [0, 0.05) is 45.3 Å². The van der Waals surface area contributed by atoms with E-state index in [1.165, 1.54) is 5.56 Å². The highest BCUT2D eigenvalue weighted by Crippen LogP contribution is 2.33. The summed E-state index contributed by atoms with van der Waals surface area (Å²) < 4.78 is 10.9. The number of hydrogen-bond acceptors (Lipinski definition) is 7. The lowest BCUT2D eigenvalue weighted by molar-refractivity contribution is 0.174. The molecule has 0 radical (unpaired) electrons. The Labute approximate surface area is 173 Å². The van der Waals surface area contributed by atoms with E-state index in [4.69, 9.17) is 9.47 Å². The molecule has 0 aliphatic carbocycles. The van der Waals surface area contributed by atoms with Gasteiger partial charge in [0.05, 0.1) is 0 Å². The standard InChI is InChI=1S/C22H31N5O2/c1-16(2)6-7-23-21-13-22(25-17(3)24-21)27-10-8-26(9-11-27)14-18-4-5-19-20(12-18)29-15-28-19/h4-5,12-13,16H,6-11,14-15H2,1-3H3,(H,23,24,25). The zero-order valence-electron chi connectivity index (χ0n) is 17.6. The highest BCUT2D eigenvalue weighted by molar-refractivity contribution is 5.50. The Bertz CT molecular complexity index is 834. The van der Waals surface area contributed by atoms with E-state index in [2.05, 4.69) is 57.1 Å². The van der Waals surface area contributed by atoms with E-state index >= 15 is 0 Å². The van der Waals surface area contributed by atoms with Crippen LogP contribution < -0.4 is 19.7 Å². The van der Waals surface area contributed by atoms with Crippen LogP contribution in [-0.4, -0.2) is 54.4 Å². The Morgan fingerprint density at radius 3 is 2.62 bits per heavy atom. The third-order valence-corrected chi connectivity index (χ3v) is 5.39. The normalized spacial score (nSPS) is 16.5. The van der Waals surface area contributed by atoms with Gasteiger partial charge in [0.2, 0.25) is 6.79 Å². The SMILES string of the molecule is Cc1nc(NCCC(C)C)cc(N2CCN(Cc3ccc4c(c3)OCO4)CC2)n1. The molecular weight excluding hydrogens is 366 g/mol. The molecule has 7 heteroatoms. The van der Waals surface area contributed by atoms with E-state index in [0.717, 1.165) is 74.6 Å². The Morgan fingerprint density at radius 2 is 1.83 bits per heavy atom. The molecule has 0 amide bonds. The van der Waals surface area contributed by atoms with E-state index in [1.807, 2.05) is 13.0 Å². The molecule has 0 atom stereocenters. The highest BCUT2D eigenvalue weighted by Gasteiger charge is 2.20. The predicted octanol–water partition coefficient (Wildman–Crippen LogP) is 3.29. The molecule has 0 unspecified atom stereocenters. The number of hydrogen-bond donors (Lipinski definition) is 1. The van der Waals surface area contributed by atoms with Crippen molar-refractivity contribution in [2.24, 2.45) is 5.92 Å². The fourth-order valence-corrected chi connectivity index (χ4v) is 3.73. The van der Waals surface area contributed by atoms with Crippen molar-refractivity contribution in [1.82, 2.24) is 14.9 Å². The Kier molecular flexibility index (Phi) is 6.04. The summed E-state index contributed by atoms with van der Waals surface area (Å²) in [7, 11) is 0. The molecule has 2 aliphatic heterocycles. The van der Waals surface area contributed by atoms with Gasteiger partial charge in [0.1, 0.15) is 17.5 Å². The van der Waals surface area contributed by atoms with E-state index in [-0.39, 0.29) is 0 Å². The number of benzene rings is 1. The zero-order valence-corrected chi connectivity index (χ0v) is 17.6. The van der Waals surface area contributed by atoms with Crippen molar-refractivity contribution in [2.45, 2.75) is 33.7 Å². The number of ether oxygens (including phenoxy) is 2. The van der Waals surface area contributed by atoms with Crippen LogP contribution in [0.15, 0.2) is 24.3 Å². The summed E-state index contributed by atoms with van der Waals surface area (Å²) in [5, 5.41) is 3.45. The molecule has 3 heterocycles. The summed E-state index contributed by atoms with van der Waals surface area (Å²) in [6.45, 7) is 12.6. The molecule has 2 aromatic rings. The average Bonchev–Trinajstić information content (AvgIpc) is 3.16. The average molecular weight is 398 g/mol. The number of fused-ring (bicyclic) bond motifs is 1. The van der Waals surface area contributed by atoms with Crippen LogP contribution in [0.25, 0.3) is 0 Å². The highest BCUT2D eigenvalue weighted by atomic mass is 16.7. The Hall–Kier alpha value is -2.54. The molecule has 1 N–H and O–H groups in total. The predicted molar refractivity (Wildman–Crippen MR) is 115 cm³/mol. The van der Waals surface area contributed by atoms with Gasteiger partial charge in [-0.3, -0.25) is 4.90 Å². The first kappa shape index (κ1) is 19.8. The molecule has 156 valence electrons. The number of anilines is 2. The van der Waals surface area contributed by atoms with Crippen LogP contribution in [0.5, 0.6) is 11.5 Å². The lowest BCUT2D eigenvalue weighted by atomic mass is 10.1. The molecule has 1 aromatic carbocycles. The smallest absolute Gasteiger partial charge is 0.231 e. The van der Waals surface area contributed by atoms with Crippen molar-refractivity contribution in [1.29, 1.82) is 0 Å². The molecule has 0 bridgehead atoms. The maximum Gasteiger partial charge on any atom is 0.231 e. The number of rotatable bonds is 7. The summed E-state index contributed by atoms with van der Waals surface area (Å²) >= 11 is 0. The van der Waals surface area contributed by atoms with Crippen molar-refractivity contribution in [2.75, 3.05) is 49.7 Å². The Morgan fingerprint density at radius 1 is 1.03 bits per heavy atom. The molecule has 1 aromatic heterocycles. The monoisotopic (exact) mass is 397 g/mol. The second-order valence-electron chi connectivity index (χ2n) is 8.22. The summed E-state index contributed by atoms with van der Waals surface area (Å²) in [6, 6.07) is 8.31. The van der Waals surface area contributed by atoms with Crippen LogP contribution in [0.4, 0.5) is 11.6 Å². The van der Waals surface area contributed by atoms with Crippen LogP contribution in [0.2, 0.25) is 0 Å². The fourth-order valence-electron chi connectivity index (χ4n) is 3.73. The summed E-state index contributed by atoms with van der Waals surface area (Å²) in [5.41, 5.74) is 1.26. The minimum atomic E-state index is 0.324. The van der Waals surface area contributed by atoms with Crippen molar-refractivity contribution < 1.29 is 9.47 Å². The van der Waals surface area contributed by atoms with E-state index in [0.29, 0.717) is 12.7 Å². The molecule has 0 saturated carbocycles. The van der Waals surface area contributed by atoms with Gasteiger partial charge in [0.15, 0.2) is 11.5 Å². The lowest BCUT2D eigenvalue weighted by Gasteiger charge is -2.35. The van der Waals surface area contributed by atoms with E-state index in [1.54, 1.807) is 0 Å². The van der Waals surface area contributed by atoms with Crippen molar-refractivity contribution in [3.63, 3.8) is 0 Å². The largest absolute Gasteiger partial charge is 0.454 e. The van der Waals surface area contributed by atoms with Crippen LogP contribution in [0.1, 0.15) is 31.7 Å². The maximum atomic E-state index is 5.50. The van der Waals surface area contributed by atoms with E-state index < -0.39 is 0 Å². The molecule has 0 spiro atoms. The van der Waals surface area contributed by atoms with Gasteiger partial charge in [-0.2, -0.15) is 0 Å². The van der Waals surface area contributed by atoms with Gasteiger partial charge in [-0.15, -0.1) is 0 Å². The third kappa shape index (κ3) is 5.09. The van der Waals surface area contributed by atoms with Gasteiger partial charge in [-0.05, 0) is 37.0 Å². The van der Waals surface area contributed by atoms with Gasteiger partial charge in [-0.25, -0.2) is 9.97 Å². The molecule has 2 aliphatic rings.